The molecule has 1 amide bonds. The zero-order chi connectivity index (χ0) is 21.6. The lowest BCUT2D eigenvalue weighted by atomic mass is 9.79. The summed E-state index contributed by atoms with van der Waals surface area (Å²) in [7, 11) is 0. The van der Waals surface area contributed by atoms with E-state index < -0.39 is 5.54 Å². The van der Waals surface area contributed by atoms with E-state index in [9.17, 15) is 10.1 Å². The molecule has 3 atom stereocenters. The van der Waals surface area contributed by atoms with E-state index in [1.807, 2.05) is 42.7 Å². The maximum Gasteiger partial charge on any atom is 0.223 e. The topological polar surface area (TPSA) is 61.9 Å². The summed E-state index contributed by atoms with van der Waals surface area (Å²) in [6.07, 6.45) is 7.09. The molecule has 5 rings (SSSR count). The minimum atomic E-state index is -0.516. The van der Waals surface area contributed by atoms with Crippen LogP contribution in [0.1, 0.15) is 56.2 Å². The Morgan fingerprint density at radius 2 is 1.84 bits per heavy atom. The van der Waals surface area contributed by atoms with Crippen LogP contribution in [0.4, 0.5) is 0 Å². The smallest absolute Gasteiger partial charge is 0.223 e. The molecular formula is C26H26N4O. The average Bonchev–Trinajstić information content (AvgIpc) is 3.47. The van der Waals surface area contributed by atoms with Gasteiger partial charge < -0.3 is 9.47 Å². The Morgan fingerprint density at radius 1 is 1.13 bits per heavy atom. The Labute approximate surface area is 183 Å². The van der Waals surface area contributed by atoms with Crippen molar-refractivity contribution < 1.29 is 4.79 Å². The Kier molecular flexibility index (Phi) is 4.66. The molecule has 2 aromatic carbocycles. The zero-order valence-corrected chi connectivity index (χ0v) is 18.0. The minimum Gasteiger partial charge on any atom is -0.337 e. The van der Waals surface area contributed by atoms with Gasteiger partial charge in [0.25, 0.3) is 0 Å². The molecule has 1 fully saturated rings. The number of imidazole rings is 1. The molecule has 5 nitrogen and oxygen atoms in total. The van der Waals surface area contributed by atoms with Gasteiger partial charge in [-0.05, 0) is 56.4 Å². The number of aromatic nitrogens is 2. The lowest BCUT2D eigenvalue weighted by molar-refractivity contribution is -0.133. The minimum absolute atomic E-state index is 0.219. The van der Waals surface area contributed by atoms with E-state index in [0.717, 1.165) is 35.4 Å². The molecule has 0 radical (unpaired) electrons. The van der Waals surface area contributed by atoms with Crippen LogP contribution in [0.2, 0.25) is 0 Å². The highest BCUT2D eigenvalue weighted by atomic mass is 16.2. The summed E-state index contributed by atoms with van der Waals surface area (Å²) < 4.78 is 2.21. The molecule has 3 aromatic rings. The van der Waals surface area contributed by atoms with Crippen LogP contribution < -0.4 is 0 Å². The van der Waals surface area contributed by atoms with E-state index in [4.69, 9.17) is 0 Å². The molecular weight excluding hydrogens is 384 g/mol. The number of hydrogen-bond acceptors (Lipinski definition) is 3. The van der Waals surface area contributed by atoms with Crippen molar-refractivity contribution in [2.24, 2.45) is 0 Å². The fourth-order valence-corrected chi connectivity index (χ4v) is 5.60. The summed E-state index contributed by atoms with van der Waals surface area (Å²) in [4.78, 5) is 20.0. The first-order valence-electron chi connectivity index (χ1n) is 11.0. The van der Waals surface area contributed by atoms with Crippen molar-refractivity contribution in [3.05, 3.63) is 77.6 Å². The van der Waals surface area contributed by atoms with Crippen LogP contribution in [0.15, 0.2) is 60.9 Å². The lowest BCUT2D eigenvalue weighted by Gasteiger charge is -2.35. The Morgan fingerprint density at radius 3 is 2.55 bits per heavy atom. The van der Waals surface area contributed by atoms with Crippen LogP contribution in [0.3, 0.4) is 0 Å². The molecule has 5 heteroatoms. The molecule has 2 aliphatic rings. The molecule has 0 N–H and O–H groups in total. The predicted molar refractivity (Wildman–Crippen MR) is 119 cm³/mol. The molecule has 3 unspecified atom stereocenters. The fourth-order valence-electron chi connectivity index (χ4n) is 5.60. The Bertz CT molecular complexity index is 1160. The second-order valence-electron chi connectivity index (χ2n) is 8.79. The average molecular weight is 411 g/mol. The Hall–Kier alpha value is -3.39. The van der Waals surface area contributed by atoms with Crippen LogP contribution in [0.5, 0.6) is 0 Å². The van der Waals surface area contributed by atoms with Gasteiger partial charge in [-0.25, -0.2) is 4.98 Å². The van der Waals surface area contributed by atoms with Crippen LogP contribution in [0, 0.1) is 11.3 Å². The summed E-state index contributed by atoms with van der Waals surface area (Å²) in [5.74, 6) is 1.15. The normalized spacial score (nSPS) is 24.0. The van der Waals surface area contributed by atoms with Gasteiger partial charge in [-0.2, -0.15) is 5.26 Å². The number of carbonyl (C=O) groups is 1. The third-order valence-electron chi connectivity index (χ3n) is 7.10. The first-order chi connectivity index (χ1) is 15.1. The summed E-state index contributed by atoms with van der Waals surface area (Å²) in [5.41, 5.74) is 3.46. The largest absolute Gasteiger partial charge is 0.337 e. The second-order valence-corrected chi connectivity index (χ2v) is 8.79. The van der Waals surface area contributed by atoms with Crippen LogP contribution >= 0.6 is 0 Å². The third-order valence-corrected chi connectivity index (χ3v) is 7.10. The van der Waals surface area contributed by atoms with Gasteiger partial charge in [0.1, 0.15) is 5.82 Å². The number of nitrogens with zero attached hydrogens (tertiary/aromatic N) is 4. The molecule has 156 valence electrons. The van der Waals surface area contributed by atoms with Crippen molar-refractivity contribution in [3.63, 3.8) is 0 Å². The van der Waals surface area contributed by atoms with Crippen molar-refractivity contribution in [1.82, 2.24) is 14.5 Å². The summed E-state index contributed by atoms with van der Waals surface area (Å²) in [5, 5.41) is 9.27. The van der Waals surface area contributed by atoms with E-state index in [1.54, 1.807) is 0 Å². The summed E-state index contributed by atoms with van der Waals surface area (Å²) >= 11 is 0. The monoisotopic (exact) mass is 410 g/mol. The highest BCUT2D eigenvalue weighted by molar-refractivity contribution is 5.78. The van der Waals surface area contributed by atoms with E-state index in [2.05, 4.69) is 52.6 Å². The SMILES string of the molecule is CC1CCC(C)N1C(=O)CCC1(c2ccc(C#N)cc2)c2ccccc2-c2nccn21. The van der Waals surface area contributed by atoms with Crippen molar-refractivity contribution >= 4 is 5.91 Å². The first kappa shape index (κ1) is 19.6. The fraction of sp³-hybridized carbons (Fsp3) is 0.346. The number of fused-ring (bicyclic) bond motifs is 3. The first-order valence-corrected chi connectivity index (χ1v) is 11.0. The van der Waals surface area contributed by atoms with Crippen molar-refractivity contribution in [2.45, 2.75) is 57.2 Å². The van der Waals surface area contributed by atoms with Crippen LogP contribution in [0.25, 0.3) is 11.4 Å². The number of nitriles is 1. The van der Waals surface area contributed by atoms with Gasteiger partial charge in [-0.3, -0.25) is 4.79 Å². The third kappa shape index (κ3) is 2.90. The van der Waals surface area contributed by atoms with Gasteiger partial charge >= 0.3 is 0 Å². The quantitative estimate of drug-likeness (QED) is 0.626. The molecule has 0 bridgehead atoms. The molecule has 3 heterocycles. The van der Waals surface area contributed by atoms with Crippen LogP contribution in [-0.2, 0) is 10.3 Å². The second kappa shape index (κ2) is 7.39. The highest BCUT2D eigenvalue weighted by Gasteiger charge is 2.45. The van der Waals surface area contributed by atoms with Crippen molar-refractivity contribution in [3.8, 4) is 17.5 Å². The van der Waals surface area contributed by atoms with Crippen molar-refractivity contribution in [1.29, 1.82) is 5.26 Å². The number of carbonyl (C=O) groups excluding carboxylic acids is 1. The standard InChI is InChI=1S/C26H26N4O/c1-18-7-8-19(2)30(18)24(31)13-14-26(21-11-9-20(17-27)10-12-21)23-6-4-3-5-22(23)25-28-15-16-29(25)26/h3-6,9-12,15-16,18-19H,7-8,13-14H2,1-2H3. The predicted octanol–water partition coefficient (Wildman–Crippen LogP) is 4.71. The summed E-state index contributed by atoms with van der Waals surface area (Å²) in [6.45, 7) is 4.30. The molecule has 0 aliphatic carbocycles. The van der Waals surface area contributed by atoms with E-state index in [1.165, 1.54) is 0 Å². The van der Waals surface area contributed by atoms with Gasteiger partial charge in [0.15, 0.2) is 0 Å². The number of likely N-dealkylation sites (tertiary alicyclic amines) is 1. The zero-order valence-electron chi connectivity index (χ0n) is 18.0. The Balaban J connectivity index is 1.60. The number of amides is 1. The van der Waals surface area contributed by atoms with Crippen molar-refractivity contribution in [2.75, 3.05) is 0 Å². The molecule has 2 aliphatic heterocycles. The van der Waals surface area contributed by atoms with Gasteiger partial charge in [0, 0.05) is 36.5 Å². The van der Waals surface area contributed by atoms with Crippen LogP contribution in [-0.4, -0.2) is 32.4 Å². The van der Waals surface area contributed by atoms with Gasteiger partial charge in [-0.1, -0.05) is 36.4 Å². The number of rotatable bonds is 4. The summed E-state index contributed by atoms with van der Waals surface area (Å²) in [6, 6.07) is 18.9. The molecule has 31 heavy (non-hydrogen) atoms. The molecule has 0 saturated carbocycles. The number of benzene rings is 2. The molecule has 1 aromatic heterocycles. The van der Waals surface area contributed by atoms with E-state index >= 15 is 0 Å². The number of hydrogen-bond donors (Lipinski definition) is 0. The lowest BCUT2D eigenvalue weighted by Crippen LogP contribution is -2.40. The maximum atomic E-state index is 13.3. The highest BCUT2D eigenvalue weighted by Crippen LogP contribution is 2.49. The van der Waals surface area contributed by atoms with Gasteiger partial charge in [0.2, 0.25) is 5.91 Å². The molecule has 1 saturated heterocycles. The van der Waals surface area contributed by atoms with Gasteiger partial charge in [0.05, 0.1) is 17.2 Å². The maximum absolute atomic E-state index is 13.3. The van der Waals surface area contributed by atoms with E-state index in [0.29, 0.717) is 30.5 Å². The van der Waals surface area contributed by atoms with E-state index in [-0.39, 0.29) is 5.91 Å². The molecule has 0 spiro atoms. The van der Waals surface area contributed by atoms with Gasteiger partial charge in [-0.15, -0.1) is 0 Å².